The van der Waals surface area contributed by atoms with Crippen molar-refractivity contribution < 1.29 is 28.8 Å². The third-order valence-electron chi connectivity index (χ3n) is 5.73. The Balaban J connectivity index is 3.81. The van der Waals surface area contributed by atoms with E-state index in [9.17, 15) is 0 Å². The van der Waals surface area contributed by atoms with Crippen molar-refractivity contribution in [3.05, 3.63) is 0 Å². The lowest BCUT2D eigenvalue weighted by atomic mass is 10.0. The van der Waals surface area contributed by atoms with E-state index >= 15 is 0 Å². The monoisotopic (exact) mass is 505 g/mol. The fourth-order valence-electron chi connectivity index (χ4n) is 3.66. The average Bonchev–Trinajstić information content (AvgIpc) is 2.82. The maximum Gasteiger partial charge on any atom is 0.0809 e. The Morgan fingerprint density at radius 3 is 1.69 bits per heavy atom. The van der Waals surface area contributed by atoms with Crippen LogP contribution in [0.15, 0.2) is 0 Å². The van der Waals surface area contributed by atoms with Gasteiger partial charge in [-0.3, -0.25) is 0 Å². The Labute approximate surface area is 217 Å². The number of unbranched alkanes of at least 4 members (excludes halogenated alkanes) is 4. The van der Waals surface area contributed by atoms with Gasteiger partial charge < -0.3 is 34.1 Å². The number of aliphatic hydroxyl groups is 1. The van der Waals surface area contributed by atoms with Crippen LogP contribution in [-0.4, -0.2) is 90.4 Å². The van der Waals surface area contributed by atoms with E-state index < -0.39 is 0 Å². The van der Waals surface area contributed by atoms with Crippen LogP contribution in [0.3, 0.4) is 0 Å². The summed E-state index contributed by atoms with van der Waals surface area (Å²) in [6, 6.07) is 0. The molecule has 35 heavy (non-hydrogen) atoms. The van der Waals surface area contributed by atoms with Gasteiger partial charge >= 0.3 is 0 Å². The van der Waals surface area contributed by atoms with E-state index in [0.29, 0.717) is 52.9 Å². The van der Waals surface area contributed by atoms with Gasteiger partial charge in [0.15, 0.2) is 0 Å². The van der Waals surface area contributed by atoms with Gasteiger partial charge in [-0.15, -0.1) is 0 Å². The highest BCUT2D eigenvalue weighted by Crippen LogP contribution is 2.12. The summed E-state index contributed by atoms with van der Waals surface area (Å²) in [4.78, 5) is 0. The highest BCUT2D eigenvalue weighted by atomic mass is 16.6. The molecule has 7 heteroatoms. The first-order valence-corrected chi connectivity index (χ1v) is 14.3. The minimum atomic E-state index is 0.0443. The number of rotatable bonds is 29. The lowest BCUT2D eigenvalue weighted by molar-refractivity contribution is -0.0489. The highest BCUT2D eigenvalue weighted by molar-refractivity contribution is 4.60. The minimum Gasteiger partial charge on any atom is -0.394 e. The number of hydrogen-bond acceptors (Lipinski definition) is 7. The van der Waals surface area contributed by atoms with Crippen molar-refractivity contribution in [3.8, 4) is 0 Å². The first-order valence-electron chi connectivity index (χ1n) is 14.3. The van der Waals surface area contributed by atoms with Crippen LogP contribution in [0.2, 0.25) is 0 Å². The van der Waals surface area contributed by atoms with Crippen molar-refractivity contribution in [2.75, 3.05) is 79.2 Å². The van der Waals surface area contributed by atoms with Crippen molar-refractivity contribution in [1.29, 1.82) is 0 Å². The number of hydrogen-bond donors (Lipinski definition) is 2. The maximum atomic E-state index is 8.64. The predicted molar refractivity (Wildman–Crippen MR) is 144 cm³/mol. The second kappa shape index (κ2) is 28.3. The summed E-state index contributed by atoms with van der Waals surface area (Å²) in [5.74, 6) is 1.60. The lowest BCUT2D eigenvalue weighted by Crippen LogP contribution is -2.26. The molecule has 0 bridgehead atoms. The second-order valence-electron chi connectivity index (χ2n) is 10.2. The van der Waals surface area contributed by atoms with Gasteiger partial charge in [0.2, 0.25) is 0 Å². The number of nitrogens with one attached hydrogen (secondary N) is 1. The minimum absolute atomic E-state index is 0.0443. The Kier molecular flexibility index (Phi) is 28.1. The standard InChI is InChI=1S/C28H59NO6/c1-26(2)11-7-5-9-13-28(25-34-17-15-29-14-10-6-8-12-27(3)4)35-24-23-33-22-21-32-20-19-31-18-16-30/h26-30H,5-25H2,1-4H3. The van der Waals surface area contributed by atoms with Crippen LogP contribution in [-0.2, 0) is 23.7 Å². The molecule has 0 aromatic rings. The highest BCUT2D eigenvalue weighted by Gasteiger charge is 2.10. The third-order valence-corrected chi connectivity index (χ3v) is 5.73. The van der Waals surface area contributed by atoms with Crippen LogP contribution in [0.5, 0.6) is 0 Å². The zero-order chi connectivity index (χ0) is 25.8. The second-order valence-corrected chi connectivity index (χ2v) is 10.2. The molecule has 0 spiro atoms. The molecule has 0 amide bonds. The molecule has 0 rings (SSSR count). The van der Waals surface area contributed by atoms with E-state index in [1.807, 2.05) is 0 Å². The van der Waals surface area contributed by atoms with Crippen LogP contribution in [0.4, 0.5) is 0 Å². The van der Waals surface area contributed by atoms with E-state index in [1.54, 1.807) is 0 Å². The molecule has 2 N–H and O–H groups in total. The molecule has 0 aliphatic rings. The SMILES string of the molecule is CC(C)CCCCCNCCOCC(CCCCCC(C)C)OCCOCCOCCOCCO. The van der Waals surface area contributed by atoms with Crippen molar-refractivity contribution in [2.45, 2.75) is 91.6 Å². The van der Waals surface area contributed by atoms with Gasteiger partial charge in [-0.25, -0.2) is 0 Å². The van der Waals surface area contributed by atoms with Crippen LogP contribution < -0.4 is 5.32 Å². The molecule has 212 valence electrons. The van der Waals surface area contributed by atoms with Crippen molar-refractivity contribution >= 4 is 0 Å². The Morgan fingerprint density at radius 2 is 1.09 bits per heavy atom. The summed E-state index contributed by atoms with van der Waals surface area (Å²) in [5.41, 5.74) is 0. The molecular weight excluding hydrogens is 446 g/mol. The normalized spacial score (nSPS) is 12.8. The first kappa shape index (κ1) is 34.7. The zero-order valence-electron chi connectivity index (χ0n) is 23.6. The van der Waals surface area contributed by atoms with E-state index in [2.05, 4.69) is 33.0 Å². The zero-order valence-corrected chi connectivity index (χ0v) is 23.6. The smallest absolute Gasteiger partial charge is 0.0809 e. The summed E-state index contributed by atoms with van der Waals surface area (Å²) in [6.07, 6.45) is 11.4. The van der Waals surface area contributed by atoms with Crippen molar-refractivity contribution in [3.63, 3.8) is 0 Å². The van der Waals surface area contributed by atoms with Crippen LogP contribution in [0.1, 0.15) is 85.5 Å². The van der Waals surface area contributed by atoms with E-state index in [4.69, 9.17) is 28.8 Å². The number of aliphatic hydroxyl groups excluding tert-OH is 1. The molecule has 0 aliphatic heterocycles. The van der Waals surface area contributed by atoms with Crippen LogP contribution in [0.25, 0.3) is 0 Å². The fraction of sp³-hybridized carbons (Fsp3) is 1.00. The fourth-order valence-corrected chi connectivity index (χ4v) is 3.66. The van der Waals surface area contributed by atoms with Gasteiger partial charge in [0.05, 0.1) is 72.2 Å². The summed E-state index contributed by atoms with van der Waals surface area (Å²) in [7, 11) is 0. The lowest BCUT2D eigenvalue weighted by Gasteiger charge is -2.18. The molecular formula is C28H59NO6. The van der Waals surface area contributed by atoms with Gasteiger partial charge in [-0.05, 0) is 31.2 Å². The van der Waals surface area contributed by atoms with Gasteiger partial charge in [0, 0.05) is 6.54 Å². The summed E-state index contributed by atoms with van der Waals surface area (Å²) < 4.78 is 28.2. The predicted octanol–water partition coefficient (Wildman–Crippen LogP) is 4.84. The first-order chi connectivity index (χ1) is 17.1. The summed E-state index contributed by atoms with van der Waals surface area (Å²) >= 11 is 0. The molecule has 0 aliphatic carbocycles. The van der Waals surface area contributed by atoms with Gasteiger partial charge in [0.1, 0.15) is 0 Å². The molecule has 7 nitrogen and oxygen atoms in total. The van der Waals surface area contributed by atoms with E-state index in [-0.39, 0.29) is 12.7 Å². The van der Waals surface area contributed by atoms with Gasteiger partial charge in [0.25, 0.3) is 0 Å². The largest absolute Gasteiger partial charge is 0.394 e. The summed E-state index contributed by atoms with van der Waals surface area (Å²) in [6.45, 7) is 16.2. The topological polar surface area (TPSA) is 78.4 Å². The van der Waals surface area contributed by atoms with Crippen molar-refractivity contribution in [1.82, 2.24) is 5.32 Å². The third kappa shape index (κ3) is 29.8. The molecule has 0 aromatic heterocycles. The molecule has 0 heterocycles. The average molecular weight is 506 g/mol. The maximum absolute atomic E-state index is 8.64. The van der Waals surface area contributed by atoms with E-state index in [0.717, 1.165) is 38.0 Å². The molecule has 0 saturated heterocycles. The Hall–Kier alpha value is -0.280. The molecule has 0 radical (unpaired) electrons. The molecule has 0 aromatic carbocycles. The quantitative estimate of drug-likeness (QED) is 0.141. The van der Waals surface area contributed by atoms with Crippen LogP contribution >= 0.6 is 0 Å². The Morgan fingerprint density at radius 1 is 0.543 bits per heavy atom. The molecule has 1 atom stereocenters. The molecule has 0 fully saturated rings. The molecule has 1 unspecified atom stereocenters. The Bertz CT molecular complexity index is 398. The number of ether oxygens (including phenoxy) is 5. The van der Waals surface area contributed by atoms with Gasteiger partial charge in [-0.2, -0.15) is 0 Å². The van der Waals surface area contributed by atoms with Crippen molar-refractivity contribution in [2.24, 2.45) is 11.8 Å². The summed E-state index contributed by atoms with van der Waals surface area (Å²) in [5, 5.41) is 12.1. The molecule has 0 saturated carbocycles. The van der Waals surface area contributed by atoms with Crippen LogP contribution in [0, 0.1) is 11.8 Å². The van der Waals surface area contributed by atoms with E-state index in [1.165, 1.54) is 51.4 Å². The van der Waals surface area contributed by atoms with Gasteiger partial charge in [-0.1, -0.05) is 72.6 Å².